The van der Waals surface area contributed by atoms with Gasteiger partial charge in [-0.05, 0) is 37.3 Å². The molecule has 0 spiro atoms. The van der Waals surface area contributed by atoms with Crippen LogP contribution in [0, 0.1) is 12.7 Å². The molecule has 0 fully saturated rings. The van der Waals surface area contributed by atoms with Crippen molar-refractivity contribution in [2.24, 2.45) is 0 Å². The van der Waals surface area contributed by atoms with Gasteiger partial charge in [0.1, 0.15) is 24.8 Å². The van der Waals surface area contributed by atoms with Gasteiger partial charge >= 0.3 is 5.97 Å². The van der Waals surface area contributed by atoms with Crippen molar-refractivity contribution in [3.05, 3.63) is 71.7 Å². The summed E-state index contributed by atoms with van der Waals surface area (Å²) in [5, 5.41) is 0.689. The highest BCUT2D eigenvalue weighted by Gasteiger charge is 2.13. The van der Waals surface area contributed by atoms with E-state index in [1.54, 1.807) is 19.1 Å². The molecule has 2 aromatic carbocycles. The maximum absolute atomic E-state index is 13.2. The molecule has 3 aromatic rings. The van der Waals surface area contributed by atoms with E-state index in [4.69, 9.17) is 9.47 Å². The zero-order valence-electron chi connectivity index (χ0n) is 13.2. The Labute approximate surface area is 138 Å². The summed E-state index contributed by atoms with van der Waals surface area (Å²) < 4.78 is 23.9. The molecule has 0 aliphatic carbocycles. The molecule has 0 amide bonds. The third kappa shape index (κ3) is 3.68. The number of carbonyl (C=O) groups is 1. The van der Waals surface area contributed by atoms with Crippen LogP contribution in [0.1, 0.15) is 16.1 Å². The summed E-state index contributed by atoms with van der Waals surface area (Å²) >= 11 is 0. The molecular weight excluding hydrogens is 309 g/mol. The number of aromatic nitrogens is 1. The number of carbonyl (C=O) groups excluding carboxylic acids is 1. The lowest BCUT2D eigenvalue weighted by Crippen LogP contribution is -2.14. The van der Waals surface area contributed by atoms with E-state index in [2.05, 4.69) is 4.98 Å². The molecule has 0 saturated carbocycles. The van der Waals surface area contributed by atoms with Crippen molar-refractivity contribution in [3.8, 4) is 5.75 Å². The smallest absolute Gasteiger partial charge is 0.340 e. The summed E-state index contributed by atoms with van der Waals surface area (Å²) in [5.74, 6) is -0.107. The fourth-order valence-corrected chi connectivity index (χ4v) is 2.33. The lowest BCUT2D eigenvalue weighted by Gasteiger charge is -2.09. The van der Waals surface area contributed by atoms with E-state index in [1.165, 1.54) is 12.1 Å². The predicted molar refractivity (Wildman–Crippen MR) is 88.7 cm³/mol. The number of halogens is 1. The first-order valence-electron chi connectivity index (χ1n) is 7.55. The summed E-state index contributed by atoms with van der Waals surface area (Å²) in [7, 11) is 0. The molecule has 0 bridgehead atoms. The lowest BCUT2D eigenvalue weighted by molar-refractivity contribution is 0.0449. The Morgan fingerprint density at radius 3 is 2.67 bits per heavy atom. The number of hydrogen-bond donors (Lipinski definition) is 0. The highest BCUT2D eigenvalue weighted by atomic mass is 19.1. The Morgan fingerprint density at radius 1 is 1.08 bits per heavy atom. The molecule has 5 heteroatoms. The summed E-state index contributed by atoms with van der Waals surface area (Å²) in [6.45, 7) is 2.09. The highest BCUT2D eigenvalue weighted by molar-refractivity contribution is 5.95. The van der Waals surface area contributed by atoms with Gasteiger partial charge in [0.25, 0.3) is 0 Å². The second-order valence-electron chi connectivity index (χ2n) is 5.26. The van der Waals surface area contributed by atoms with Crippen LogP contribution in [-0.2, 0) is 4.74 Å². The van der Waals surface area contributed by atoms with Gasteiger partial charge in [-0.2, -0.15) is 0 Å². The molecule has 1 aromatic heterocycles. The number of pyridine rings is 1. The fraction of sp³-hybridized carbons (Fsp3) is 0.158. The van der Waals surface area contributed by atoms with Crippen LogP contribution < -0.4 is 4.74 Å². The number of ether oxygens (including phenoxy) is 2. The molecule has 0 saturated heterocycles. The number of para-hydroxylation sites is 1. The van der Waals surface area contributed by atoms with Gasteiger partial charge in [-0.25, -0.2) is 9.18 Å². The Bertz CT molecular complexity index is 865. The number of aryl methyl sites for hydroxylation is 1. The first-order valence-corrected chi connectivity index (χ1v) is 7.55. The van der Waals surface area contributed by atoms with E-state index in [0.717, 1.165) is 5.75 Å². The van der Waals surface area contributed by atoms with E-state index >= 15 is 0 Å². The van der Waals surface area contributed by atoms with E-state index in [-0.39, 0.29) is 19.0 Å². The normalized spacial score (nSPS) is 10.6. The van der Waals surface area contributed by atoms with Crippen molar-refractivity contribution < 1.29 is 18.7 Å². The van der Waals surface area contributed by atoms with Crippen LogP contribution in [-0.4, -0.2) is 24.2 Å². The first kappa shape index (κ1) is 15.9. The second-order valence-corrected chi connectivity index (χ2v) is 5.26. The third-order valence-electron chi connectivity index (χ3n) is 3.52. The van der Waals surface area contributed by atoms with Gasteiger partial charge in [0.15, 0.2) is 0 Å². The summed E-state index contributed by atoms with van der Waals surface area (Å²) in [4.78, 5) is 16.5. The Morgan fingerprint density at radius 2 is 1.88 bits per heavy atom. The van der Waals surface area contributed by atoms with Gasteiger partial charge < -0.3 is 9.47 Å². The van der Waals surface area contributed by atoms with Crippen molar-refractivity contribution in [1.29, 1.82) is 0 Å². The fourth-order valence-electron chi connectivity index (χ4n) is 2.33. The number of esters is 1. The third-order valence-corrected chi connectivity index (χ3v) is 3.52. The van der Waals surface area contributed by atoms with Gasteiger partial charge in [-0.3, -0.25) is 4.98 Å². The topological polar surface area (TPSA) is 48.4 Å². The zero-order chi connectivity index (χ0) is 16.9. The van der Waals surface area contributed by atoms with Crippen LogP contribution >= 0.6 is 0 Å². The molecule has 122 valence electrons. The average molecular weight is 325 g/mol. The van der Waals surface area contributed by atoms with Crippen LogP contribution in [0.2, 0.25) is 0 Å². The van der Waals surface area contributed by atoms with Gasteiger partial charge in [0, 0.05) is 11.5 Å². The predicted octanol–water partition coefficient (Wildman–Crippen LogP) is 3.92. The van der Waals surface area contributed by atoms with Crippen molar-refractivity contribution in [2.75, 3.05) is 13.2 Å². The average Bonchev–Trinajstić information content (AvgIpc) is 2.58. The standard InChI is InChI=1S/C19H16FNO3/c1-13-17(11-14-7-8-15(20)12-18(14)21-13)19(22)24-10-9-23-16-5-3-2-4-6-16/h2-8,11-12H,9-10H2,1H3. The van der Waals surface area contributed by atoms with Crippen LogP contribution in [0.5, 0.6) is 5.75 Å². The van der Waals surface area contributed by atoms with Crippen LogP contribution in [0.15, 0.2) is 54.6 Å². The monoisotopic (exact) mass is 325 g/mol. The van der Waals surface area contributed by atoms with Crippen molar-refractivity contribution in [2.45, 2.75) is 6.92 Å². The van der Waals surface area contributed by atoms with Crippen LogP contribution in [0.3, 0.4) is 0 Å². The molecule has 4 nitrogen and oxygen atoms in total. The highest BCUT2D eigenvalue weighted by Crippen LogP contribution is 2.18. The van der Waals surface area contributed by atoms with E-state index < -0.39 is 5.97 Å². The molecule has 0 unspecified atom stereocenters. The Kier molecular flexibility index (Phi) is 4.70. The SMILES string of the molecule is Cc1nc2cc(F)ccc2cc1C(=O)OCCOc1ccccc1. The second kappa shape index (κ2) is 7.08. The number of hydrogen-bond acceptors (Lipinski definition) is 4. The van der Waals surface area contributed by atoms with Crippen LogP contribution in [0.25, 0.3) is 10.9 Å². The molecule has 0 aliphatic heterocycles. The van der Waals surface area contributed by atoms with Crippen molar-refractivity contribution >= 4 is 16.9 Å². The molecular formula is C19H16FNO3. The van der Waals surface area contributed by atoms with Gasteiger partial charge in [0.05, 0.1) is 16.8 Å². The number of rotatable bonds is 5. The van der Waals surface area contributed by atoms with E-state index in [1.807, 2.05) is 30.3 Å². The minimum absolute atomic E-state index is 0.134. The number of fused-ring (bicyclic) bond motifs is 1. The summed E-state index contributed by atoms with van der Waals surface area (Å²) in [5.41, 5.74) is 1.38. The number of benzene rings is 2. The van der Waals surface area contributed by atoms with E-state index in [9.17, 15) is 9.18 Å². The van der Waals surface area contributed by atoms with Gasteiger partial charge in [-0.1, -0.05) is 18.2 Å². The molecule has 24 heavy (non-hydrogen) atoms. The summed E-state index contributed by atoms with van der Waals surface area (Å²) in [6, 6.07) is 15.2. The summed E-state index contributed by atoms with van der Waals surface area (Å²) in [6.07, 6.45) is 0. The van der Waals surface area contributed by atoms with Crippen molar-refractivity contribution in [3.63, 3.8) is 0 Å². The molecule has 0 radical (unpaired) electrons. The maximum Gasteiger partial charge on any atom is 0.340 e. The van der Waals surface area contributed by atoms with Gasteiger partial charge in [0.2, 0.25) is 0 Å². The van der Waals surface area contributed by atoms with Crippen LogP contribution in [0.4, 0.5) is 4.39 Å². The molecule has 3 rings (SSSR count). The zero-order valence-corrected chi connectivity index (χ0v) is 13.2. The first-order chi connectivity index (χ1) is 11.6. The largest absolute Gasteiger partial charge is 0.490 e. The minimum Gasteiger partial charge on any atom is -0.490 e. The van der Waals surface area contributed by atoms with E-state index in [0.29, 0.717) is 22.2 Å². The number of nitrogens with zero attached hydrogens (tertiary/aromatic N) is 1. The molecule has 0 aliphatic rings. The minimum atomic E-state index is -0.470. The van der Waals surface area contributed by atoms with Gasteiger partial charge in [-0.15, -0.1) is 0 Å². The molecule has 1 heterocycles. The molecule has 0 atom stereocenters. The molecule has 0 N–H and O–H groups in total. The quantitative estimate of drug-likeness (QED) is 0.527. The Hall–Kier alpha value is -2.95. The Balaban J connectivity index is 1.63. The van der Waals surface area contributed by atoms with Crippen molar-refractivity contribution in [1.82, 2.24) is 4.98 Å². The lowest BCUT2D eigenvalue weighted by atomic mass is 10.1. The maximum atomic E-state index is 13.2.